The Hall–Kier alpha value is -3.15. The number of hydrogen-bond acceptors (Lipinski definition) is 5. The number of nitrogens with one attached hydrogen (secondary N) is 2. The number of nitriles is 1. The number of H-pyrrole nitrogens is 1. The van der Waals surface area contributed by atoms with Crippen LogP contribution in [0.25, 0.3) is 22.3 Å². The maximum absolute atomic E-state index is 13.0. The molecule has 0 radical (unpaired) electrons. The van der Waals surface area contributed by atoms with Crippen LogP contribution in [0.15, 0.2) is 24.7 Å². The fourth-order valence-corrected chi connectivity index (χ4v) is 2.50. The summed E-state index contributed by atoms with van der Waals surface area (Å²) in [4.78, 5) is 15.1. The molecule has 1 aliphatic carbocycles. The monoisotopic (exact) mass is 344 g/mol. The fraction of sp³-hybridized carbons (Fsp3) is 0.250. The molecular formula is C16H11F3N6. The Morgan fingerprint density at radius 3 is 2.72 bits per heavy atom. The summed E-state index contributed by atoms with van der Waals surface area (Å²) in [5.41, 5.74) is 0.269. The quantitative estimate of drug-likeness (QED) is 0.759. The van der Waals surface area contributed by atoms with Crippen LogP contribution >= 0.6 is 0 Å². The Labute approximate surface area is 139 Å². The van der Waals surface area contributed by atoms with Crippen molar-refractivity contribution in [2.75, 3.05) is 5.32 Å². The molecule has 0 atom stereocenters. The lowest BCUT2D eigenvalue weighted by Gasteiger charge is -2.08. The van der Waals surface area contributed by atoms with Crippen molar-refractivity contribution in [3.05, 3.63) is 35.8 Å². The van der Waals surface area contributed by atoms with E-state index < -0.39 is 11.7 Å². The second kappa shape index (κ2) is 5.44. The first-order valence-corrected chi connectivity index (χ1v) is 7.54. The summed E-state index contributed by atoms with van der Waals surface area (Å²) in [6.45, 7) is 0. The summed E-state index contributed by atoms with van der Waals surface area (Å²) in [6, 6.07) is 3.29. The van der Waals surface area contributed by atoms with Crippen LogP contribution in [0.3, 0.4) is 0 Å². The van der Waals surface area contributed by atoms with Crippen LogP contribution in [0.1, 0.15) is 24.0 Å². The number of rotatable bonds is 3. The van der Waals surface area contributed by atoms with Crippen molar-refractivity contribution >= 4 is 17.0 Å². The lowest BCUT2D eigenvalue weighted by Crippen LogP contribution is -2.07. The van der Waals surface area contributed by atoms with E-state index in [4.69, 9.17) is 0 Å². The molecule has 1 aliphatic rings. The van der Waals surface area contributed by atoms with Gasteiger partial charge in [-0.1, -0.05) is 0 Å². The molecule has 3 heterocycles. The first-order valence-electron chi connectivity index (χ1n) is 7.54. The second-order valence-corrected chi connectivity index (χ2v) is 5.81. The van der Waals surface area contributed by atoms with Crippen LogP contribution < -0.4 is 5.32 Å². The zero-order chi connectivity index (χ0) is 17.6. The molecule has 0 saturated heterocycles. The van der Waals surface area contributed by atoms with Crippen molar-refractivity contribution in [2.24, 2.45) is 0 Å². The van der Waals surface area contributed by atoms with Crippen molar-refractivity contribution in [3.63, 3.8) is 0 Å². The van der Waals surface area contributed by atoms with Crippen molar-refractivity contribution in [2.45, 2.75) is 25.1 Å². The SMILES string of the molecule is N#Cc1cnc(NC2CC2)nc1-c1c[nH]c2ncc(C(F)(F)F)cc12. The van der Waals surface area contributed by atoms with Crippen LogP contribution in [-0.2, 0) is 6.18 Å². The van der Waals surface area contributed by atoms with Gasteiger partial charge in [0.05, 0.1) is 23.0 Å². The average Bonchev–Trinajstić information content (AvgIpc) is 3.29. The smallest absolute Gasteiger partial charge is 0.351 e. The predicted octanol–water partition coefficient (Wildman–Crippen LogP) is 3.48. The summed E-state index contributed by atoms with van der Waals surface area (Å²) < 4.78 is 38.9. The van der Waals surface area contributed by atoms with E-state index in [-0.39, 0.29) is 16.6 Å². The predicted molar refractivity (Wildman–Crippen MR) is 83.5 cm³/mol. The van der Waals surface area contributed by atoms with E-state index in [9.17, 15) is 18.4 Å². The number of nitrogens with zero attached hydrogens (tertiary/aromatic N) is 4. The molecule has 4 rings (SSSR count). The first kappa shape index (κ1) is 15.4. The summed E-state index contributed by atoms with van der Waals surface area (Å²) >= 11 is 0. The zero-order valence-electron chi connectivity index (χ0n) is 12.7. The number of alkyl halides is 3. The number of halogens is 3. The van der Waals surface area contributed by atoms with Gasteiger partial charge in [-0.05, 0) is 18.9 Å². The summed E-state index contributed by atoms with van der Waals surface area (Å²) in [6.07, 6.45) is 1.18. The summed E-state index contributed by atoms with van der Waals surface area (Å²) in [7, 11) is 0. The third kappa shape index (κ3) is 2.87. The maximum Gasteiger partial charge on any atom is 0.417 e. The van der Waals surface area contributed by atoms with E-state index in [1.165, 1.54) is 12.4 Å². The van der Waals surface area contributed by atoms with Crippen LogP contribution in [-0.4, -0.2) is 26.0 Å². The van der Waals surface area contributed by atoms with Gasteiger partial charge in [0.25, 0.3) is 0 Å². The summed E-state index contributed by atoms with van der Waals surface area (Å²) in [5, 5.41) is 12.7. The Kier molecular flexibility index (Phi) is 3.35. The summed E-state index contributed by atoms with van der Waals surface area (Å²) in [5.74, 6) is 0.353. The van der Waals surface area contributed by atoms with Gasteiger partial charge in [-0.15, -0.1) is 0 Å². The van der Waals surface area contributed by atoms with Crippen molar-refractivity contribution in [3.8, 4) is 17.3 Å². The standard InChI is InChI=1S/C16H11F3N6/c17-16(18,19)9-3-11-12(7-22-14(11)21-6-9)13-8(4-20)5-23-15(25-13)24-10-1-2-10/h3,5-7,10H,1-2H2,(H,21,22)(H,23,24,25). The molecule has 126 valence electrons. The Morgan fingerprint density at radius 1 is 1.24 bits per heavy atom. The van der Waals surface area contributed by atoms with E-state index in [0.717, 1.165) is 25.1 Å². The first-order chi connectivity index (χ1) is 12.0. The minimum atomic E-state index is -4.50. The molecule has 0 aliphatic heterocycles. The van der Waals surface area contributed by atoms with Crippen molar-refractivity contribution in [1.29, 1.82) is 5.26 Å². The van der Waals surface area contributed by atoms with E-state index in [1.54, 1.807) is 0 Å². The maximum atomic E-state index is 13.0. The molecule has 3 aromatic heterocycles. The van der Waals surface area contributed by atoms with E-state index in [2.05, 4.69) is 25.3 Å². The highest BCUT2D eigenvalue weighted by atomic mass is 19.4. The number of aromatic nitrogens is 4. The molecule has 0 spiro atoms. The molecule has 9 heteroatoms. The highest BCUT2D eigenvalue weighted by Crippen LogP contribution is 2.35. The molecule has 6 nitrogen and oxygen atoms in total. The number of anilines is 1. The number of hydrogen-bond donors (Lipinski definition) is 2. The molecule has 0 amide bonds. The molecule has 25 heavy (non-hydrogen) atoms. The third-order valence-electron chi connectivity index (χ3n) is 3.93. The molecule has 1 saturated carbocycles. The lowest BCUT2D eigenvalue weighted by molar-refractivity contribution is -0.137. The van der Waals surface area contributed by atoms with Crippen molar-refractivity contribution < 1.29 is 13.2 Å². The molecule has 1 fully saturated rings. The average molecular weight is 344 g/mol. The molecule has 3 aromatic rings. The van der Waals surface area contributed by atoms with Crippen molar-refractivity contribution in [1.82, 2.24) is 19.9 Å². The van der Waals surface area contributed by atoms with Crippen LogP contribution in [0.5, 0.6) is 0 Å². The minimum absolute atomic E-state index is 0.180. The Morgan fingerprint density at radius 2 is 2.04 bits per heavy atom. The van der Waals surface area contributed by atoms with Gasteiger partial charge >= 0.3 is 6.18 Å². The lowest BCUT2D eigenvalue weighted by atomic mass is 10.1. The van der Waals surface area contributed by atoms with Gasteiger partial charge < -0.3 is 10.3 Å². The second-order valence-electron chi connectivity index (χ2n) is 5.81. The molecule has 0 unspecified atom stereocenters. The minimum Gasteiger partial charge on any atom is -0.351 e. The largest absolute Gasteiger partial charge is 0.417 e. The van der Waals surface area contributed by atoms with E-state index >= 15 is 0 Å². The highest BCUT2D eigenvalue weighted by Gasteiger charge is 2.31. The van der Waals surface area contributed by atoms with Gasteiger partial charge in [0, 0.05) is 29.4 Å². The van der Waals surface area contributed by atoms with E-state index in [0.29, 0.717) is 23.2 Å². The van der Waals surface area contributed by atoms with Crippen LogP contribution in [0.4, 0.5) is 19.1 Å². The van der Waals surface area contributed by atoms with Gasteiger partial charge in [0.2, 0.25) is 5.95 Å². The van der Waals surface area contributed by atoms with Gasteiger partial charge in [0.1, 0.15) is 11.7 Å². The van der Waals surface area contributed by atoms with Gasteiger partial charge in [-0.3, -0.25) is 0 Å². The molecule has 0 aromatic carbocycles. The van der Waals surface area contributed by atoms with E-state index in [1.807, 2.05) is 6.07 Å². The van der Waals surface area contributed by atoms with Gasteiger partial charge in [0.15, 0.2) is 0 Å². The fourth-order valence-electron chi connectivity index (χ4n) is 2.50. The zero-order valence-corrected chi connectivity index (χ0v) is 12.7. The van der Waals surface area contributed by atoms with Gasteiger partial charge in [-0.25, -0.2) is 15.0 Å². The molecule has 2 N–H and O–H groups in total. The number of pyridine rings is 1. The Bertz CT molecular complexity index is 997. The molecular weight excluding hydrogens is 333 g/mol. The normalized spacial score (nSPS) is 14.5. The van der Waals surface area contributed by atoms with Crippen LogP contribution in [0, 0.1) is 11.3 Å². The number of aromatic amines is 1. The van der Waals surface area contributed by atoms with Gasteiger partial charge in [-0.2, -0.15) is 18.4 Å². The molecule has 0 bridgehead atoms. The third-order valence-corrected chi connectivity index (χ3v) is 3.93. The topological polar surface area (TPSA) is 90.3 Å². The highest BCUT2D eigenvalue weighted by molar-refractivity contribution is 5.94. The number of fused-ring (bicyclic) bond motifs is 1. The van der Waals surface area contributed by atoms with Crippen LogP contribution in [0.2, 0.25) is 0 Å². The Balaban J connectivity index is 1.87.